The second-order valence-electron chi connectivity index (χ2n) is 3.04. The van der Waals surface area contributed by atoms with Crippen LogP contribution in [-0.4, -0.2) is 20.7 Å². The lowest BCUT2D eigenvalue weighted by atomic mass is 10.2. The molecule has 0 heterocycles. The summed E-state index contributed by atoms with van der Waals surface area (Å²) in [6.07, 6.45) is 3.39. The van der Waals surface area contributed by atoms with Crippen LogP contribution in [0, 0.1) is 0 Å². The first-order valence-electron chi connectivity index (χ1n) is 4.08. The van der Waals surface area contributed by atoms with Crippen LogP contribution in [0.1, 0.15) is 19.3 Å². The normalized spacial score (nSPS) is 26.9. The molecule has 2 N–H and O–H groups in total. The number of nitrogens with one attached hydrogen (secondary N) is 2. The van der Waals surface area contributed by atoms with Crippen molar-refractivity contribution in [2.24, 2.45) is 0 Å². The predicted octanol–water partition coefficient (Wildman–Crippen LogP) is 1.52. The van der Waals surface area contributed by atoms with Crippen LogP contribution in [0.25, 0.3) is 0 Å². The smallest absolute Gasteiger partial charge is 0.130 e. The minimum absolute atomic E-state index is 0.343. The van der Waals surface area contributed by atoms with Crippen molar-refractivity contribution < 1.29 is 0 Å². The fourth-order valence-electron chi connectivity index (χ4n) is 1.62. The Morgan fingerprint density at radius 1 is 1.00 bits per heavy atom. The van der Waals surface area contributed by atoms with Crippen LogP contribution in [0.15, 0.2) is 0 Å². The summed E-state index contributed by atoms with van der Waals surface area (Å²) < 4.78 is 1.09. The van der Waals surface area contributed by atoms with E-state index in [1.165, 1.54) is 6.42 Å². The van der Waals surface area contributed by atoms with Gasteiger partial charge in [-0.3, -0.25) is 0 Å². The summed E-state index contributed by atoms with van der Waals surface area (Å²) >= 11 is 17.8. The first-order valence-corrected chi connectivity index (χ1v) is 5.79. The molecule has 0 aromatic rings. The van der Waals surface area contributed by atoms with Gasteiger partial charge in [0.1, 0.15) is 8.64 Å². The van der Waals surface area contributed by atoms with Crippen LogP contribution < -0.4 is 10.6 Å². The maximum atomic E-state index is 4.87. The van der Waals surface area contributed by atoms with E-state index in [4.69, 9.17) is 24.4 Å². The number of thiocarbonyl (C=S) groups is 2. The molecule has 0 aliphatic heterocycles. The first-order chi connectivity index (χ1) is 6.09. The SMILES string of the molecule is S=C(S)NC1CCCC1NC(=S)S. The summed E-state index contributed by atoms with van der Waals surface area (Å²) in [5, 5.41) is 6.27. The monoisotopic (exact) mass is 252 g/mol. The van der Waals surface area contributed by atoms with Crippen LogP contribution >= 0.6 is 49.7 Å². The van der Waals surface area contributed by atoms with E-state index in [2.05, 4.69) is 35.9 Å². The van der Waals surface area contributed by atoms with Crippen molar-refractivity contribution in [3.8, 4) is 0 Å². The molecule has 6 heteroatoms. The van der Waals surface area contributed by atoms with Gasteiger partial charge in [-0.1, -0.05) is 24.4 Å². The van der Waals surface area contributed by atoms with Gasteiger partial charge in [-0.05, 0) is 19.3 Å². The summed E-state index contributed by atoms with van der Waals surface area (Å²) in [7, 11) is 0. The van der Waals surface area contributed by atoms with E-state index in [0.717, 1.165) is 12.8 Å². The van der Waals surface area contributed by atoms with E-state index >= 15 is 0 Å². The lowest BCUT2D eigenvalue weighted by Crippen LogP contribution is -2.45. The standard InChI is InChI=1S/C7H12N2S4/c10-6(11)8-4-2-1-3-5(4)9-7(12)13/h4-5H,1-3H2,(H2,8,10,11)(H2,9,12,13). The van der Waals surface area contributed by atoms with Crippen molar-refractivity contribution >= 4 is 58.3 Å². The average molecular weight is 252 g/mol. The van der Waals surface area contributed by atoms with Crippen molar-refractivity contribution in [1.29, 1.82) is 0 Å². The fourth-order valence-corrected chi connectivity index (χ4v) is 2.26. The highest BCUT2D eigenvalue weighted by molar-refractivity contribution is 8.11. The molecule has 1 fully saturated rings. The largest absolute Gasteiger partial charge is 0.366 e. The Morgan fingerprint density at radius 2 is 1.38 bits per heavy atom. The molecule has 0 bridgehead atoms. The Kier molecular flexibility index (Phi) is 4.78. The molecule has 0 saturated heterocycles. The fraction of sp³-hybridized carbons (Fsp3) is 0.714. The molecule has 0 amide bonds. The molecule has 0 aromatic carbocycles. The highest BCUT2D eigenvalue weighted by Gasteiger charge is 2.27. The van der Waals surface area contributed by atoms with Gasteiger partial charge >= 0.3 is 0 Å². The van der Waals surface area contributed by atoms with Gasteiger partial charge < -0.3 is 10.6 Å². The number of hydrogen-bond donors (Lipinski definition) is 4. The van der Waals surface area contributed by atoms with Gasteiger partial charge in [0.2, 0.25) is 0 Å². The molecule has 1 saturated carbocycles. The van der Waals surface area contributed by atoms with Crippen LogP contribution in [-0.2, 0) is 0 Å². The second kappa shape index (κ2) is 5.38. The molecule has 13 heavy (non-hydrogen) atoms. The van der Waals surface area contributed by atoms with Crippen LogP contribution in [0.3, 0.4) is 0 Å². The third-order valence-electron chi connectivity index (χ3n) is 2.13. The number of hydrogen-bond acceptors (Lipinski definition) is 2. The highest BCUT2D eigenvalue weighted by Crippen LogP contribution is 2.19. The third-order valence-corrected chi connectivity index (χ3v) is 2.63. The van der Waals surface area contributed by atoms with Crippen molar-refractivity contribution in [2.75, 3.05) is 0 Å². The van der Waals surface area contributed by atoms with Gasteiger partial charge in [-0.15, -0.1) is 25.3 Å². The van der Waals surface area contributed by atoms with Gasteiger partial charge in [0.05, 0.1) is 0 Å². The van der Waals surface area contributed by atoms with Gasteiger partial charge in [0.25, 0.3) is 0 Å². The zero-order valence-corrected chi connectivity index (χ0v) is 10.4. The molecule has 2 atom stereocenters. The zero-order chi connectivity index (χ0) is 9.84. The maximum absolute atomic E-state index is 4.87. The van der Waals surface area contributed by atoms with E-state index in [1.54, 1.807) is 0 Å². The molecular formula is C7H12N2S4. The van der Waals surface area contributed by atoms with Crippen LogP contribution in [0.5, 0.6) is 0 Å². The average Bonchev–Trinajstić information content (AvgIpc) is 2.34. The summed E-state index contributed by atoms with van der Waals surface area (Å²) in [5.41, 5.74) is 0. The van der Waals surface area contributed by atoms with Crippen molar-refractivity contribution in [3.63, 3.8) is 0 Å². The lowest BCUT2D eigenvalue weighted by molar-refractivity contribution is 0.522. The third kappa shape index (κ3) is 4.01. The Balaban J connectivity index is 2.43. The van der Waals surface area contributed by atoms with Crippen molar-refractivity contribution in [1.82, 2.24) is 10.6 Å². The minimum Gasteiger partial charge on any atom is -0.366 e. The first kappa shape index (κ1) is 11.6. The topological polar surface area (TPSA) is 24.1 Å². The highest BCUT2D eigenvalue weighted by atomic mass is 32.1. The van der Waals surface area contributed by atoms with E-state index < -0.39 is 0 Å². The van der Waals surface area contributed by atoms with Gasteiger partial charge in [-0.25, -0.2) is 0 Å². The number of rotatable bonds is 2. The van der Waals surface area contributed by atoms with Gasteiger partial charge in [0.15, 0.2) is 0 Å². The Bertz CT molecular complexity index is 197. The Morgan fingerprint density at radius 3 is 1.69 bits per heavy atom. The molecule has 0 radical (unpaired) electrons. The second-order valence-corrected chi connectivity index (χ2v) is 5.36. The molecule has 1 aliphatic rings. The minimum atomic E-state index is 0.343. The summed E-state index contributed by atoms with van der Waals surface area (Å²) in [6.45, 7) is 0. The van der Waals surface area contributed by atoms with Gasteiger partial charge in [0, 0.05) is 12.1 Å². The van der Waals surface area contributed by atoms with Crippen molar-refractivity contribution in [3.05, 3.63) is 0 Å². The molecule has 0 aromatic heterocycles. The Hall–Kier alpha value is 0.480. The lowest BCUT2D eigenvalue weighted by Gasteiger charge is -2.22. The van der Waals surface area contributed by atoms with E-state index in [-0.39, 0.29) is 0 Å². The summed E-state index contributed by atoms with van der Waals surface area (Å²) in [4.78, 5) is 0. The molecular weight excluding hydrogens is 240 g/mol. The summed E-state index contributed by atoms with van der Waals surface area (Å²) in [5.74, 6) is 0. The molecule has 2 nitrogen and oxygen atoms in total. The molecule has 0 spiro atoms. The van der Waals surface area contributed by atoms with Crippen LogP contribution in [0.2, 0.25) is 0 Å². The van der Waals surface area contributed by atoms with Gasteiger partial charge in [-0.2, -0.15) is 0 Å². The van der Waals surface area contributed by atoms with E-state index in [9.17, 15) is 0 Å². The quantitative estimate of drug-likeness (QED) is 0.442. The van der Waals surface area contributed by atoms with E-state index in [0.29, 0.717) is 20.7 Å². The van der Waals surface area contributed by atoms with E-state index in [1.807, 2.05) is 0 Å². The maximum Gasteiger partial charge on any atom is 0.130 e. The Labute approximate surface area is 100 Å². The number of thiol groups is 2. The molecule has 1 aliphatic carbocycles. The summed E-state index contributed by atoms with van der Waals surface area (Å²) in [6, 6.07) is 0.685. The predicted molar refractivity (Wildman–Crippen MR) is 70.9 cm³/mol. The molecule has 74 valence electrons. The zero-order valence-electron chi connectivity index (χ0n) is 6.99. The van der Waals surface area contributed by atoms with Crippen LogP contribution in [0.4, 0.5) is 0 Å². The molecule has 2 unspecified atom stereocenters. The molecule has 1 rings (SSSR count). The van der Waals surface area contributed by atoms with Crippen molar-refractivity contribution in [2.45, 2.75) is 31.3 Å².